The maximum atomic E-state index is 12.9. The Kier molecular flexibility index (Phi) is 6.66. The highest BCUT2D eigenvalue weighted by molar-refractivity contribution is 7.15. The van der Waals surface area contributed by atoms with Crippen LogP contribution in [-0.2, 0) is 4.79 Å². The Balaban J connectivity index is 1.54. The zero-order valence-corrected chi connectivity index (χ0v) is 16.8. The van der Waals surface area contributed by atoms with Crippen LogP contribution in [0, 0.1) is 12.8 Å². The number of carbonyl (C=O) groups excluding carboxylic acids is 2. The number of carbonyl (C=O) groups is 2. The van der Waals surface area contributed by atoms with Gasteiger partial charge in [0.25, 0.3) is 5.91 Å². The molecular formula is C20H27N3O3S. The number of amides is 2. The van der Waals surface area contributed by atoms with Crippen LogP contribution in [0.3, 0.4) is 0 Å². The molecule has 146 valence electrons. The minimum atomic E-state index is -0.0524. The number of aromatic nitrogens is 1. The number of aryl methyl sites for hydroxylation is 1. The largest absolute Gasteiger partial charge is 0.462 e. The van der Waals surface area contributed by atoms with E-state index in [1.807, 2.05) is 24.0 Å². The van der Waals surface area contributed by atoms with E-state index in [0.29, 0.717) is 37.4 Å². The lowest BCUT2D eigenvalue weighted by atomic mass is 9.95. The van der Waals surface area contributed by atoms with Crippen molar-refractivity contribution < 1.29 is 14.0 Å². The van der Waals surface area contributed by atoms with Crippen LogP contribution in [0.15, 0.2) is 22.8 Å². The van der Waals surface area contributed by atoms with Crippen LogP contribution in [0.5, 0.6) is 0 Å². The molecule has 3 rings (SSSR count). The molecule has 6 nitrogen and oxygen atoms in total. The normalized spacial score (nSPS) is 15.1. The fourth-order valence-electron chi connectivity index (χ4n) is 3.33. The van der Waals surface area contributed by atoms with E-state index in [2.05, 4.69) is 17.2 Å². The molecule has 0 atom stereocenters. The number of nitrogens with one attached hydrogen (secondary N) is 1. The SMILES string of the molecule is CCCCCNC(=O)C1CCN(C(=O)c2nc(-c3ccco3)sc2C)CC1. The van der Waals surface area contributed by atoms with Crippen LogP contribution in [0.25, 0.3) is 10.8 Å². The van der Waals surface area contributed by atoms with Gasteiger partial charge in [0.1, 0.15) is 5.69 Å². The van der Waals surface area contributed by atoms with Crippen molar-refractivity contribution in [1.29, 1.82) is 0 Å². The van der Waals surface area contributed by atoms with Crippen LogP contribution in [0.1, 0.15) is 54.4 Å². The summed E-state index contributed by atoms with van der Waals surface area (Å²) in [6, 6.07) is 3.66. The van der Waals surface area contributed by atoms with Gasteiger partial charge in [-0.2, -0.15) is 0 Å². The molecule has 1 aliphatic rings. The molecule has 0 aromatic carbocycles. The van der Waals surface area contributed by atoms with E-state index in [1.165, 1.54) is 11.3 Å². The molecule has 0 radical (unpaired) electrons. The first-order valence-corrected chi connectivity index (χ1v) is 10.5. The van der Waals surface area contributed by atoms with Crippen LogP contribution >= 0.6 is 11.3 Å². The van der Waals surface area contributed by atoms with Gasteiger partial charge >= 0.3 is 0 Å². The van der Waals surface area contributed by atoms with Gasteiger partial charge in [0.05, 0.1) is 6.26 Å². The van der Waals surface area contributed by atoms with E-state index >= 15 is 0 Å². The molecule has 0 bridgehead atoms. The van der Waals surface area contributed by atoms with Gasteiger partial charge in [0.15, 0.2) is 10.8 Å². The average Bonchev–Trinajstić information content (AvgIpc) is 3.34. The quantitative estimate of drug-likeness (QED) is 0.730. The molecule has 0 aliphatic carbocycles. The number of hydrogen-bond donors (Lipinski definition) is 1. The number of furan rings is 1. The first kappa shape index (κ1) is 19.6. The van der Waals surface area contributed by atoms with E-state index in [4.69, 9.17) is 4.42 Å². The van der Waals surface area contributed by atoms with Gasteiger partial charge < -0.3 is 14.6 Å². The molecule has 1 N–H and O–H groups in total. The minimum absolute atomic E-state index is 0.00545. The highest BCUT2D eigenvalue weighted by atomic mass is 32.1. The number of nitrogens with zero attached hydrogens (tertiary/aromatic N) is 2. The summed E-state index contributed by atoms with van der Waals surface area (Å²) >= 11 is 1.47. The Morgan fingerprint density at radius 2 is 2.11 bits per heavy atom. The monoisotopic (exact) mass is 389 g/mol. The first-order valence-electron chi connectivity index (χ1n) is 9.68. The Morgan fingerprint density at radius 1 is 1.33 bits per heavy atom. The van der Waals surface area contributed by atoms with E-state index in [0.717, 1.165) is 35.7 Å². The van der Waals surface area contributed by atoms with Crippen molar-refractivity contribution in [3.8, 4) is 10.8 Å². The molecule has 2 amide bonds. The summed E-state index contributed by atoms with van der Waals surface area (Å²) in [5.41, 5.74) is 0.494. The number of rotatable bonds is 7. The molecule has 3 heterocycles. The number of unbranched alkanes of at least 4 members (excludes halogenated alkanes) is 2. The third-order valence-electron chi connectivity index (χ3n) is 4.96. The summed E-state index contributed by atoms with van der Waals surface area (Å²) < 4.78 is 5.38. The lowest BCUT2D eigenvalue weighted by Gasteiger charge is -2.31. The van der Waals surface area contributed by atoms with E-state index in [1.54, 1.807) is 6.26 Å². The van der Waals surface area contributed by atoms with Gasteiger partial charge in [0.2, 0.25) is 5.91 Å². The van der Waals surface area contributed by atoms with E-state index in [9.17, 15) is 9.59 Å². The highest BCUT2D eigenvalue weighted by Gasteiger charge is 2.29. The Hall–Kier alpha value is -2.15. The van der Waals surface area contributed by atoms with Gasteiger partial charge in [-0.25, -0.2) is 4.98 Å². The zero-order chi connectivity index (χ0) is 19.2. The van der Waals surface area contributed by atoms with Crippen molar-refractivity contribution in [2.45, 2.75) is 46.0 Å². The third-order valence-corrected chi connectivity index (χ3v) is 5.95. The molecule has 0 saturated carbocycles. The summed E-state index contributed by atoms with van der Waals surface area (Å²) in [6.45, 7) is 6.00. The summed E-state index contributed by atoms with van der Waals surface area (Å²) in [5, 5.41) is 3.75. The van der Waals surface area contributed by atoms with Crippen molar-refractivity contribution in [2.24, 2.45) is 5.92 Å². The molecule has 0 unspecified atom stereocenters. The zero-order valence-electron chi connectivity index (χ0n) is 16.0. The Morgan fingerprint density at radius 3 is 2.78 bits per heavy atom. The maximum Gasteiger partial charge on any atom is 0.273 e. The third kappa shape index (κ3) is 4.77. The predicted octanol–water partition coefficient (Wildman–Crippen LogP) is 3.87. The second-order valence-electron chi connectivity index (χ2n) is 6.97. The van der Waals surface area contributed by atoms with Gasteiger partial charge in [-0.1, -0.05) is 19.8 Å². The average molecular weight is 390 g/mol. The fourth-order valence-corrected chi connectivity index (χ4v) is 4.20. The highest BCUT2D eigenvalue weighted by Crippen LogP contribution is 2.29. The van der Waals surface area contributed by atoms with Gasteiger partial charge in [-0.05, 0) is 38.3 Å². The topological polar surface area (TPSA) is 75.4 Å². The van der Waals surface area contributed by atoms with Crippen molar-refractivity contribution >= 4 is 23.2 Å². The number of thiazole rings is 1. The fraction of sp³-hybridized carbons (Fsp3) is 0.550. The van der Waals surface area contributed by atoms with Gasteiger partial charge in [-0.3, -0.25) is 9.59 Å². The summed E-state index contributed by atoms with van der Waals surface area (Å²) in [7, 11) is 0. The van der Waals surface area contributed by atoms with E-state index in [-0.39, 0.29) is 17.7 Å². The van der Waals surface area contributed by atoms with Crippen LogP contribution in [0.4, 0.5) is 0 Å². The summed E-state index contributed by atoms with van der Waals surface area (Å²) in [5.74, 6) is 0.762. The standard InChI is InChI=1S/C20H27N3O3S/c1-3-4-5-10-21-18(24)15-8-11-23(12-9-15)20(25)17-14(2)27-19(22-17)16-7-6-13-26-16/h6-7,13,15H,3-5,8-12H2,1-2H3,(H,21,24). The van der Waals surface area contributed by atoms with Crippen molar-refractivity contribution in [2.75, 3.05) is 19.6 Å². The second-order valence-corrected chi connectivity index (χ2v) is 8.17. The first-order chi connectivity index (χ1) is 13.1. The molecule has 1 saturated heterocycles. The Bertz CT molecular complexity index is 762. The molecule has 27 heavy (non-hydrogen) atoms. The number of hydrogen-bond acceptors (Lipinski definition) is 5. The molecule has 0 spiro atoms. The number of piperidine rings is 1. The minimum Gasteiger partial charge on any atom is -0.462 e. The smallest absolute Gasteiger partial charge is 0.273 e. The lowest BCUT2D eigenvalue weighted by Crippen LogP contribution is -2.43. The molecule has 1 fully saturated rings. The Labute approximate surface area is 164 Å². The van der Waals surface area contributed by atoms with Crippen molar-refractivity contribution in [3.63, 3.8) is 0 Å². The van der Waals surface area contributed by atoms with Crippen LogP contribution in [-0.4, -0.2) is 41.3 Å². The summed E-state index contributed by atoms with van der Waals surface area (Å²) in [4.78, 5) is 32.3. The molecule has 2 aromatic heterocycles. The van der Waals surface area contributed by atoms with Gasteiger partial charge in [-0.15, -0.1) is 11.3 Å². The maximum absolute atomic E-state index is 12.9. The molecular weight excluding hydrogens is 362 g/mol. The van der Waals surface area contributed by atoms with Crippen LogP contribution < -0.4 is 5.32 Å². The van der Waals surface area contributed by atoms with Crippen molar-refractivity contribution in [1.82, 2.24) is 15.2 Å². The molecule has 1 aliphatic heterocycles. The van der Waals surface area contributed by atoms with Crippen LogP contribution in [0.2, 0.25) is 0 Å². The molecule has 2 aromatic rings. The lowest BCUT2D eigenvalue weighted by molar-refractivity contribution is -0.126. The van der Waals surface area contributed by atoms with Crippen molar-refractivity contribution in [3.05, 3.63) is 29.0 Å². The summed E-state index contributed by atoms with van der Waals surface area (Å²) in [6.07, 6.45) is 6.33. The second kappa shape index (κ2) is 9.17. The van der Waals surface area contributed by atoms with Gasteiger partial charge in [0, 0.05) is 30.4 Å². The number of likely N-dealkylation sites (tertiary alicyclic amines) is 1. The predicted molar refractivity (Wildman–Crippen MR) is 106 cm³/mol. The van der Waals surface area contributed by atoms with E-state index < -0.39 is 0 Å². The molecule has 7 heteroatoms.